The summed E-state index contributed by atoms with van der Waals surface area (Å²) in [4.78, 5) is 76.0. The van der Waals surface area contributed by atoms with E-state index in [1.54, 1.807) is 0 Å². The van der Waals surface area contributed by atoms with E-state index in [1.165, 1.54) is 29.6 Å². The number of thiazole rings is 1. The van der Waals surface area contributed by atoms with Gasteiger partial charge in [0, 0.05) is 11.9 Å². The highest BCUT2D eigenvalue weighted by Crippen LogP contribution is 2.16. The Kier molecular flexibility index (Phi) is 10.2. The molecular weight excluding hydrogens is 544 g/mol. The fraction of sp³-hybridized carbons (Fsp3) is 0.160. The van der Waals surface area contributed by atoms with Crippen molar-refractivity contribution in [3.8, 4) is 0 Å². The van der Waals surface area contributed by atoms with E-state index >= 15 is 0 Å². The Morgan fingerprint density at radius 3 is 2.27 bits per heavy atom. The van der Waals surface area contributed by atoms with Crippen molar-refractivity contribution >= 4 is 57.8 Å². The van der Waals surface area contributed by atoms with Crippen LogP contribution in [0.25, 0.3) is 0 Å². The molecule has 1 heterocycles. The number of carbonyl (C=O) groups is 6. The summed E-state index contributed by atoms with van der Waals surface area (Å²) in [6.45, 7) is -0.334. The van der Waals surface area contributed by atoms with Crippen LogP contribution in [0.5, 0.6) is 0 Å². The first-order chi connectivity index (χ1) is 19.1. The van der Waals surface area contributed by atoms with Crippen LogP contribution in [0.15, 0.2) is 60.0 Å². The number of aliphatic carboxylic acids is 1. The second-order valence-corrected chi connectivity index (χ2v) is 8.93. The van der Waals surface area contributed by atoms with Crippen LogP contribution in [0, 0.1) is 0 Å². The quantitative estimate of drug-likeness (QED) is 0.168. The molecule has 208 valence electrons. The third-order valence-electron chi connectivity index (χ3n) is 5.11. The largest absolute Gasteiger partial charge is 0.481 e. The lowest BCUT2D eigenvalue weighted by Gasteiger charge is -2.17. The minimum atomic E-state index is -1.56. The molecule has 3 aromatic rings. The summed E-state index contributed by atoms with van der Waals surface area (Å²) in [6, 6.07) is 12.6. The van der Waals surface area contributed by atoms with Crippen LogP contribution in [0.4, 0.5) is 15.6 Å². The van der Waals surface area contributed by atoms with Crippen molar-refractivity contribution in [3.05, 3.63) is 76.8 Å². The number of para-hydroxylation sites is 1. The van der Waals surface area contributed by atoms with Crippen LogP contribution < -0.4 is 26.6 Å². The van der Waals surface area contributed by atoms with Gasteiger partial charge in [-0.3, -0.25) is 24.5 Å². The molecular formula is C25H24N6O8S. The third kappa shape index (κ3) is 8.91. The predicted octanol–water partition coefficient (Wildman–Crippen LogP) is 1.49. The standard InChI is InChI=1S/C25H24N6O8S/c32-19(28-17(10-20(33)34)22(36)29-16-9-5-4-8-15(16)23(37)38)12-26-21(35)18-13-40-25(30-18)31-24(39)27-11-14-6-2-1-3-7-14/h1-9,13,17H,10-12H2,(H,26,35)(H,28,32)(H,29,36)(H,33,34)(H,37,38)(H2,27,30,31,39). The normalized spacial score (nSPS) is 11.0. The van der Waals surface area contributed by atoms with E-state index in [4.69, 9.17) is 5.11 Å². The SMILES string of the molecule is O=C(O)CC(NC(=O)CNC(=O)c1csc(NC(=O)NCc2ccccc2)n1)C(=O)Nc1ccccc1C(=O)O. The fourth-order valence-electron chi connectivity index (χ4n) is 3.23. The van der Waals surface area contributed by atoms with Crippen LogP contribution in [0.3, 0.4) is 0 Å². The number of rotatable bonds is 12. The molecule has 14 nitrogen and oxygen atoms in total. The smallest absolute Gasteiger partial charge is 0.337 e. The lowest BCUT2D eigenvalue weighted by atomic mass is 10.1. The first kappa shape index (κ1) is 29.2. The Morgan fingerprint density at radius 2 is 1.57 bits per heavy atom. The Morgan fingerprint density at radius 1 is 0.875 bits per heavy atom. The van der Waals surface area contributed by atoms with Gasteiger partial charge in [0.15, 0.2) is 5.13 Å². The zero-order valence-electron chi connectivity index (χ0n) is 20.7. The van der Waals surface area contributed by atoms with Crippen LogP contribution in [-0.2, 0) is 20.9 Å². The molecule has 0 saturated heterocycles. The highest BCUT2D eigenvalue weighted by atomic mass is 32.1. The average Bonchev–Trinajstić information content (AvgIpc) is 3.39. The molecule has 0 aliphatic carbocycles. The van der Waals surface area contributed by atoms with Gasteiger partial charge in [0.05, 0.1) is 24.2 Å². The van der Waals surface area contributed by atoms with Crippen molar-refractivity contribution in [3.63, 3.8) is 0 Å². The number of anilines is 2. The molecule has 40 heavy (non-hydrogen) atoms. The number of urea groups is 1. The van der Waals surface area contributed by atoms with Crippen LogP contribution in [0.2, 0.25) is 0 Å². The van der Waals surface area contributed by atoms with Gasteiger partial charge in [-0.25, -0.2) is 14.6 Å². The molecule has 1 unspecified atom stereocenters. The Bertz CT molecular complexity index is 1410. The molecule has 0 aliphatic rings. The summed E-state index contributed by atoms with van der Waals surface area (Å²) in [6.07, 6.45) is -0.797. The van der Waals surface area contributed by atoms with Gasteiger partial charge in [0.2, 0.25) is 11.8 Å². The first-order valence-corrected chi connectivity index (χ1v) is 12.5. The number of carboxylic acid groups (broad SMARTS) is 2. The molecule has 5 amide bonds. The molecule has 1 atom stereocenters. The summed E-state index contributed by atoms with van der Waals surface area (Å²) in [7, 11) is 0. The van der Waals surface area contributed by atoms with Gasteiger partial charge in [-0.1, -0.05) is 42.5 Å². The number of benzene rings is 2. The van der Waals surface area contributed by atoms with Gasteiger partial charge in [0.25, 0.3) is 5.91 Å². The summed E-state index contributed by atoms with van der Waals surface area (Å²) in [5, 5.41) is 31.8. The maximum atomic E-state index is 12.6. The summed E-state index contributed by atoms with van der Waals surface area (Å²) in [5.74, 6) is -5.30. The van der Waals surface area contributed by atoms with E-state index in [0.717, 1.165) is 16.9 Å². The molecule has 0 saturated carbocycles. The van der Waals surface area contributed by atoms with E-state index in [9.17, 15) is 33.9 Å². The minimum Gasteiger partial charge on any atom is -0.481 e. The highest BCUT2D eigenvalue weighted by molar-refractivity contribution is 7.14. The molecule has 2 aromatic carbocycles. The first-order valence-electron chi connectivity index (χ1n) is 11.6. The Balaban J connectivity index is 1.51. The van der Waals surface area contributed by atoms with E-state index in [0.29, 0.717) is 0 Å². The average molecular weight is 569 g/mol. The number of aromatic carboxylic acids is 1. The molecule has 0 spiro atoms. The van der Waals surface area contributed by atoms with Gasteiger partial charge in [-0.05, 0) is 17.7 Å². The number of nitrogens with zero attached hydrogens (tertiary/aromatic N) is 1. The third-order valence-corrected chi connectivity index (χ3v) is 5.87. The monoisotopic (exact) mass is 568 g/mol. The van der Waals surface area contributed by atoms with E-state index in [2.05, 4.69) is 31.6 Å². The molecule has 0 radical (unpaired) electrons. The molecule has 3 rings (SSSR count). The molecule has 1 aromatic heterocycles. The zero-order chi connectivity index (χ0) is 29.1. The molecule has 0 aliphatic heterocycles. The summed E-state index contributed by atoms with van der Waals surface area (Å²) < 4.78 is 0. The molecule has 15 heteroatoms. The number of carbonyl (C=O) groups excluding carboxylic acids is 4. The number of aromatic nitrogens is 1. The summed E-state index contributed by atoms with van der Waals surface area (Å²) in [5.41, 5.74) is 0.499. The Hall–Kier alpha value is -5.31. The number of amides is 5. The zero-order valence-corrected chi connectivity index (χ0v) is 21.5. The van der Waals surface area contributed by atoms with Gasteiger partial charge >= 0.3 is 18.0 Å². The van der Waals surface area contributed by atoms with Crippen molar-refractivity contribution < 1.29 is 39.0 Å². The van der Waals surface area contributed by atoms with Crippen molar-refractivity contribution in [1.29, 1.82) is 0 Å². The van der Waals surface area contributed by atoms with Gasteiger partial charge in [0.1, 0.15) is 11.7 Å². The maximum absolute atomic E-state index is 12.6. The number of nitrogens with one attached hydrogen (secondary N) is 5. The predicted molar refractivity (Wildman–Crippen MR) is 143 cm³/mol. The van der Waals surface area contributed by atoms with Gasteiger partial charge < -0.3 is 31.5 Å². The second kappa shape index (κ2) is 14.0. The number of hydrogen-bond acceptors (Lipinski definition) is 8. The molecule has 0 fully saturated rings. The highest BCUT2D eigenvalue weighted by Gasteiger charge is 2.25. The second-order valence-electron chi connectivity index (χ2n) is 8.07. The minimum absolute atomic E-state index is 0.0822. The number of carboxylic acids is 2. The van der Waals surface area contributed by atoms with E-state index < -0.39 is 54.7 Å². The van der Waals surface area contributed by atoms with Crippen LogP contribution in [-0.4, -0.2) is 63.5 Å². The molecule has 7 N–H and O–H groups in total. The van der Waals surface area contributed by atoms with Crippen LogP contribution in [0.1, 0.15) is 32.8 Å². The van der Waals surface area contributed by atoms with Crippen molar-refractivity contribution in [2.24, 2.45) is 0 Å². The van der Waals surface area contributed by atoms with Crippen molar-refractivity contribution in [2.45, 2.75) is 19.0 Å². The lowest BCUT2D eigenvalue weighted by Crippen LogP contribution is -2.48. The number of hydrogen-bond donors (Lipinski definition) is 7. The van der Waals surface area contributed by atoms with Gasteiger partial charge in [-0.2, -0.15) is 0 Å². The van der Waals surface area contributed by atoms with E-state index in [-0.39, 0.29) is 28.6 Å². The van der Waals surface area contributed by atoms with Crippen molar-refractivity contribution in [2.75, 3.05) is 17.2 Å². The van der Waals surface area contributed by atoms with Gasteiger partial charge in [-0.15, -0.1) is 11.3 Å². The topological polar surface area (TPSA) is 216 Å². The summed E-state index contributed by atoms with van der Waals surface area (Å²) >= 11 is 0.983. The fourth-order valence-corrected chi connectivity index (χ4v) is 3.92. The van der Waals surface area contributed by atoms with Crippen molar-refractivity contribution in [1.82, 2.24) is 20.9 Å². The Labute approximate surface area is 230 Å². The molecule has 0 bridgehead atoms. The maximum Gasteiger partial charge on any atom is 0.337 e. The van der Waals surface area contributed by atoms with E-state index in [1.807, 2.05) is 30.3 Å². The lowest BCUT2D eigenvalue weighted by molar-refractivity contribution is -0.139. The van der Waals surface area contributed by atoms with Crippen LogP contribution >= 0.6 is 11.3 Å².